The van der Waals surface area contributed by atoms with E-state index in [-0.39, 0.29) is 30.2 Å². The van der Waals surface area contributed by atoms with Crippen LogP contribution in [0.2, 0.25) is 0 Å². The van der Waals surface area contributed by atoms with Crippen molar-refractivity contribution in [2.75, 3.05) is 0 Å². The molecule has 0 amide bonds. The number of nitrogens with zero attached hydrogens (tertiary/aromatic N) is 4. The zero-order chi connectivity index (χ0) is 25.6. The number of aromatic amines is 1. The largest absolute Gasteiger partial charge is 0.425 e. The number of allylic oxidation sites excluding steroid dienone is 1. The number of fused-ring (bicyclic) bond motifs is 1. The molecule has 3 heterocycles. The number of nitriles is 1. The molecule has 0 spiro atoms. The van der Waals surface area contributed by atoms with Gasteiger partial charge in [0, 0.05) is 24.3 Å². The molecule has 0 radical (unpaired) electrons. The average Bonchev–Trinajstić information content (AvgIpc) is 3.41. The summed E-state index contributed by atoms with van der Waals surface area (Å²) in [5.41, 5.74) is 9.43. The predicted octanol–water partition coefficient (Wildman–Crippen LogP) is 3.48. The second-order valence-electron chi connectivity index (χ2n) is 9.80. The molecule has 9 heteroatoms. The van der Waals surface area contributed by atoms with Crippen molar-refractivity contribution >= 4 is 0 Å². The molecule has 0 bridgehead atoms. The summed E-state index contributed by atoms with van der Waals surface area (Å²) in [4.78, 5) is 0. The zero-order valence-electron chi connectivity index (χ0n) is 20.7. The Morgan fingerprint density at radius 3 is 2.67 bits per heavy atom. The number of nitrogens with two attached hydrogens (primary N) is 1. The number of H-pyrrole nitrogens is 1. The van der Waals surface area contributed by atoms with Crippen LogP contribution in [0.4, 0.5) is 0 Å². The van der Waals surface area contributed by atoms with E-state index < -0.39 is 5.41 Å². The third-order valence-corrected chi connectivity index (χ3v) is 7.22. The van der Waals surface area contributed by atoms with Gasteiger partial charge in [0.15, 0.2) is 0 Å². The summed E-state index contributed by atoms with van der Waals surface area (Å²) in [6.07, 6.45) is 1.73. The predicted molar refractivity (Wildman–Crippen MR) is 130 cm³/mol. The topological polar surface area (TPSA) is 147 Å². The lowest BCUT2D eigenvalue weighted by Gasteiger charge is -2.41. The van der Waals surface area contributed by atoms with Crippen LogP contribution in [0.3, 0.4) is 0 Å². The highest BCUT2D eigenvalue weighted by molar-refractivity contribution is 5.63. The fourth-order valence-electron chi connectivity index (χ4n) is 5.45. The molecule has 5 rings (SSSR count). The number of hydrogen-bond donors (Lipinski definition) is 3. The second-order valence-corrected chi connectivity index (χ2v) is 9.80. The molecule has 1 aliphatic heterocycles. The number of aromatic nitrogens is 4. The fraction of sp³-hybridized carbons (Fsp3) is 0.407. The van der Waals surface area contributed by atoms with E-state index in [1.807, 2.05) is 39.0 Å². The van der Waals surface area contributed by atoms with Gasteiger partial charge >= 0.3 is 0 Å². The van der Waals surface area contributed by atoms with Crippen LogP contribution in [-0.2, 0) is 12.0 Å². The molecular weight excluding hydrogens is 456 g/mol. The summed E-state index contributed by atoms with van der Waals surface area (Å²) in [6, 6.07) is 8.07. The van der Waals surface area contributed by atoms with E-state index >= 15 is 0 Å². The van der Waals surface area contributed by atoms with Gasteiger partial charge in [-0.1, -0.05) is 31.8 Å². The summed E-state index contributed by atoms with van der Waals surface area (Å²) in [7, 11) is 0. The average molecular weight is 485 g/mol. The first-order chi connectivity index (χ1) is 17.3. The zero-order valence-corrected chi connectivity index (χ0v) is 20.7. The highest BCUT2D eigenvalue weighted by atomic mass is 16.5. The smallest absolute Gasteiger partial charge is 0.222 e. The van der Waals surface area contributed by atoms with E-state index in [0.717, 1.165) is 35.2 Å². The number of hydrogen-bond acceptors (Lipinski definition) is 8. The van der Waals surface area contributed by atoms with Gasteiger partial charge in [0.05, 0.1) is 23.3 Å². The lowest BCUT2D eigenvalue weighted by atomic mass is 9.61. The maximum Gasteiger partial charge on any atom is 0.222 e. The normalized spacial score (nSPS) is 22.8. The van der Waals surface area contributed by atoms with Crippen LogP contribution < -0.4 is 10.5 Å². The van der Waals surface area contributed by atoms with Gasteiger partial charge in [0.25, 0.3) is 0 Å². The number of nitrogens with one attached hydrogen (secondary N) is 1. The third kappa shape index (κ3) is 3.64. The minimum Gasteiger partial charge on any atom is -0.425 e. The Labute approximate surface area is 209 Å². The Balaban J connectivity index is 1.56. The summed E-state index contributed by atoms with van der Waals surface area (Å²) < 4.78 is 11.3. The number of benzene rings is 1. The Kier molecular flexibility index (Phi) is 5.82. The van der Waals surface area contributed by atoms with Crippen molar-refractivity contribution in [3.05, 3.63) is 69.4 Å². The van der Waals surface area contributed by atoms with Gasteiger partial charge in [0.1, 0.15) is 11.6 Å². The van der Waals surface area contributed by atoms with Gasteiger partial charge in [-0.15, -0.1) is 10.2 Å². The number of aryl methyl sites for hydroxylation is 2. The molecule has 2 aromatic heterocycles. The standard InChI is InChI=1S/C27H28N6O3/c1-14(2)27(22(12-28)24(29)36-26-23(27)15(3)30-33-26)21-10-17(7-19(11-21)13-34)5-6-18-8-20(9-18)25-32-31-16(4)35-25/h7,10-11,14,18,20,34H,8-9,13,29H2,1-4H3,(H,30,33)/t18-,20-,27?. The minimum atomic E-state index is -0.914. The van der Waals surface area contributed by atoms with Crippen LogP contribution in [0.25, 0.3) is 0 Å². The van der Waals surface area contributed by atoms with E-state index in [1.165, 1.54) is 0 Å². The number of aliphatic hydroxyl groups is 1. The van der Waals surface area contributed by atoms with Crippen molar-refractivity contribution in [3.8, 4) is 23.8 Å². The first kappa shape index (κ1) is 23.7. The maximum atomic E-state index is 10.2. The van der Waals surface area contributed by atoms with Gasteiger partial charge in [-0.2, -0.15) is 10.4 Å². The molecule has 2 aliphatic rings. The molecule has 1 aliphatic carbocycles. The van der Waals surface area contributed by atoms with Gasteiger partial charge in [0.2, 0.25) is 23.5 Å². The van der Waals surface area contributed by atoms with E-state index in [1.54, 1.807) is 6.92 Å². The number of aliphatic hydroxyl groups excluding tert-OH is 1. The second kappa shape index (κ2) is 8.85. The van der Waals surface area contributed by atoms with Gasteiger partial charge in [-0.3, -0.25) is 0 Å². The van der Waals surface area contributed by atoms with Crippen molar-refractivity contribution in [2.24, 2.45) is 17.6 Å². The molecule has 1 aromatic carbocycles. The van der Waals surface area contributed by atoms with Crippen LogP contribution >= 0.6 is 0 Å². The van der Waals surface area contributed by atoms with Crippen molar-refractivity contribution in [1.29, 1.82) is 5.26 Å². The molecule has 184 valence electrons. The SMILES string of the molecule is Cc1nnc([C@H]2C[C@H](C#Cc3cc(CO)cc(C4(C(C)C)C(C#N)=C(N)Oc5[nH]nc(C)c54)c3)C2)o1. The first-order valence-corrected chi connectivity index (χ1v) is 12.0. The monoisotopic (exact) mass is 484 g/mol. The van der Waals surface area contributed by atoms with Gasteiger partial charge in [-0.05, 0) is 48.9 Å². The lowest BCUT2D eigenvalue weighted by Crippen LogP contribution is -2.41. The summed E-state index contributed by atoms with van der Waals surface area (Å²) in [5, 5.41) is 35.6. The van der Waals surface area contributed by atoms with Crippen LogP contribution in [-0.4, -0.2) is 25.5 Å². The van der Waals surface area contributed by atoms with Crippen molar-refractivity contribution in [1.82, 2.24) is 20.4 Å². The molecule has 1 saturated carbocycles. The van der Waals surface area contributed by atoms with Crippen molar-refractivity contribution in [3.63, 3.8) is 0 Å². The Morgan fingerprint density at radius 2 is 2.03 bits per heavy atom. The van der Waals surface area contributed by atoms with Crippen LogP contribution in [0, 0.1) is 48.9 Å². The van der Waals surface area contributed by atoms with Crippen molar-refractivity contribution < 1.29 is 14.3 Å². The lowest BCUT2D eigenvalue weighted by molar-refractivity contribution is 0.276. The van der Waals surface area contributed by atoms with Gasteiger partial charge < -0.3 is 20.0 Å². The molecule has 1 atom stereocenters. The van der Waals surface area contributed by atoms with Gasteiger partial charge in [-0.25, -0.2) is 5.10 Å². The van der Waals surface area contributed by atoms with Crippen molar-refractivity contribution in [2.45, 2.75) is 58.5 Å². The molecule has 3 aromatic rings. The first-order valence-electron chi connectivity index (χ1n) is 12.0. The third-order valence-electron chi connectivity index (χ3n) is 7.22. The van der Waals surface area contributed by atoms with Crippen LogP contribution in [0.1, 0.15) is 72.3 Å². The minimum absolute atomic E-state index is 0.0427. The molecule has 36 heavy (non-hydrogen) atoms. The van der Waals surface area contributed by atoms with E-state index in [4.69, 9.17) is 14.9 Å². The quantitative estimate of drug-likeness (QED) is 0.477. The molecule has 1 fully saturated rings. The fourth-order valence-corrected chi connectivity index (χ4v) is 5.45. The molecule has 4 N–H and O–H groups in total. The number of ether oxygens (including phenoxy) is 1. The summed E-state index contributed by atoms with van der Waals surface area (Å²) in [6.45, 7) is 7.58. The Bertz CT molecular complexity index is 1460. The Morgan fingerprint density at radius 1 is 1.25 bits per heavy atom. The highest BCUT2D eigenvalue weighted by Gasteiger charge is 2.50. The highest BCUT2D eigenvalue weighted by Crippen LogP contribution is 2.52. The van der Waals surface area contributed by atoms with E-state index in [2.05, 4.69) is 38.3 Å². The molecule has 9 nitrogen and oxygen atoms in total. The Hall–Kier alpha value is -4.08. The molecule has 0 saturated heterocycles. The summed E-state index contributed by atoms with van der Waals surface area (Å²) in [5.74, 6) is 8.75. The van der Waals surface area contributed by atoms with E-state index in [9.17, 15) is 10.4 Å². The van der Waals surface area contributed by atoms with Crippen LogP contribution in [0.15, 0.2) is 34.1 Å². The summed E-state index contributed by atoms with van der Waals surface area (Å²) >= 11 is 0. The maximum absolute atomic E-state index is 10.2. The molecule has 1 unspecified atom stereocenters. The van der Waals surface area contributed by atoms with E-state index in [0.29, 0.717) is 28.8 Å². The number of rotatable bonds is 4. The van der Waals surface area contributed by atoms with Crippen LogP contribution in [0.5, 0.6) is 5.88 Å². The molecular formula is C27H28N6O3.